The van der Waals surface area contributed by atoms with Crippen molar-refractivity contribution in [3.8, 4) is 5.75 Å². The molecule has 56 heavy (non-hydrogen) atoms. The molecule has 1 aromatic heterocycles. The van der Waals surface area contributed by atoms with Crippen LogP contribution in [0.3, 0.4) is 0 Å². The summed E-state index contributed by atoms with van der Waals surface area (Å²) in [5, 5.41) is 4.46. The molecule has 1 N–H and O–H groups in total. The molecule has 1 atom stereocenters. The van der Waals surface area contributed by atoms with Gasteiger partial charge >= 0.3 is 6.03 Å². The van der Waals surface area contributed by atoms with Crippen LogP contribution in [-0.4, -0.2) is 64.3 Å². The summed E-state index contributed by atoms with van der Waals surface area (Å²) >= 11 is 12.6. The first-order valence-corrected chi connectivity index (χ1v) is 20.7. The van der Waals surface area contributed by atoms with E-state index in [2.05, 4.69) is 78.1 Å². The van der Waals surface area contributed by atoms with E-state index in [0.717, 1.165) is 36.9 Å². The van der Waals surface area contributed by atoms with Gasteiger partial charge in [0, 0.05) is 65.4 Å². The Hall–Kier alpha value is -4.14. The zero-order chi connectivity index (χ0) is 40.6. The highest BCUT2D eigenvalue weighted by Gasteiger charge is 2.36. The number of amides is 3. The van der Waals surface area contributed by atoms with Crippen molar-refractivity contribution in [2.24, 2.45) is 16.8 Å². The summed E-state index contributed by atoms with van der Waals surface area (Å²) < 4.78 is 6.32. The second kappa shape index (κ2) is 18.9. The summed E-state index contributed by atoms with van der Waals surface area (Å²) in [6.07, 6.45) is 11.3. The number of amidine groups is 1. The maximum absolute atomic E-state index is 15.0. The molecule has 3 aromatic rings. The van der Waals surface area contributed by atoms with Crippen molar-refractivity contribution in [3.05, 3.63) is 117 Å². The average Bonchev–Trinajstić information content (AvgIpc) is 3.15. The number of urea groups is 1. The summed E-state index contributed by atoms with van der Waals surface area (Å²) in [7, 11) is 0. The fourth-order valence-electron chi connectivity index (χ4n) is 7.27. The van der Waals surface area contributed by atoms with Gasteiger partial charge in [-0.3, -0.25) is 19.7 Å². The number of aliphatic imine (C=N–C) groups is 1. The van der Waals surface area contributed by atoms with Gasteiger partial charge in [-0.15, -0.1) is 0 Å². The zero-order valence-electron chi connectivity index (χ0n) is 34.4. The van der Waals surface area contributed by atoms with Crippen molar-refractivity contribution in [2.75, 3.05) is 26.2 Å². The minimum atomic E-state index is -0.636. The number of nitrogens with zero attached hydrogens (tertiary/aromatic N) is 4. The van der Waals surface area contributed by atoms with Crippen LogP contribution in [0.15, 0.2) is 83.0 Å². The lowest BCUT2D eigenvalue weighted by atomic mass is 9.83. The third-order valence-corrected chi connectivity index (χ3v) is 11.4. The second-order valence-corrected chi connectivity index (χ2v) is 17.7. The van der Waals surface area contributed by atoms with Crippen LogP contribution in [0.4, 0.5) is 4.79 Å². The maximum Gasteiger partial charge on any atom is 0.325 e. The van der Waals surface area contributed by atoms with Crippen LogP contribution >= 0.6 is 23.2 Å². The molecule has 1 aliphatic carbocycles. The number of allylic oxidation sites excluding steroid dienone is 3. The summed E-state index contributed by atoms with van der Waals surface area (Å²) in [5.41, 5.74) is 5.30. The summed E-state index contributed by atoms with van der Waals surface area (Å²) in [6, 6.07) is 15.8. The first kappa shape index (κ1) is 43.0. The highest BCUT2D eigenvalue weighted by atomic mass is 35.5. The van der Waals surface area contributed by atoms with Crippen molar-refractivity contribution in [1.82, 2.24) is 20.1 Å². The van der Waals surface area contributed by atoms with Crippen molar-refractivity contribution in [3.63, 3.8) is 0 Å². The first-order valence-electron chi connectivity index (χ1n) is 19.9. The number of aryl methyl sites for hydroxylation is 2. The fraction of sp³-hybridized carbons (Fsp3) is 0.478. The van der Waals surface area contributed by atoms with Gasteiger partial charge in [0.05, 0.1) is 24.3 Å². The number of aromatic nitrogens is 1. The third kappa shape index (κ3) is 11.5. The molecule has 2 aliphatic rings. The number of piperidine rings is 1. The van der Waals surface area contributed by atoms with Crippen molar-refractivity contribution >= 4 is 41.0 Å². The molecular weight excluding hydrogens is 741 g/mol. The maximum atomic E-state index is 15.0. The molecule has 0 radical (unpaired) electrons. The Labute approximate surface area is 344 Å². The van der Waals surface area contributed by atoms with E-state index >= 15 is 4.79 Å². The lowest BCUT2D eigenvalue weighted by Gasteiger charge is -2.38. The number of halogens is 2. The molecule has 5 rings (SSSR count). The van der Waals surface area contributed by atoms with Gasteiger partial charge in [0.2, 0.25) is 5.91 Å². The van der Waals surface area contributed by atoms with E-state index in [9.17, 15) is 4.79 Å². The van der Waals surface area contributed by atoms with Crippen molar-refractivity contribution < 1.29 is 14.3 Å². The highest BCUT2D eigenvalue weighted by molar-refractivity contribution is 6.31. The summed E-state index contributed by atoms with van der Waals surface area (Å²) in [5.74, 6) is 1.40. The van der Waals surface area contributed by atoms with Crippen LogP contribution in [0, 0.1) is 25.7 Å². The Balaban J connectivity index is 1.43. The van der Waals surface area contributed by atoms with Crippen LogP contribution in [0.1, 0.15) is 101 Å². The van der Waals surface area contributed by atoms with E-state index in [-0.39, 0.29) is 35.7 Å². The number of carbonyl (C=O) groups is 2. The summed E-state index contributed by atoms with van der Waals surface area (Å²) in [4.78, 5) is 42.1. The topological polar surface area (TPSA) is 87.1 Å². The number of nitrogens with one attached hydrogen (secondary N) is 1. The predicted octanol–water partition coefficient (Wildman–Crippen LogP) is 10.4. The first-order chi connectivity index (χ1) is 26.5. The average molecular weight is 801 g/mol. The van der Waals surface area contributed by atoms with E-state index in [1.165, 1.54) is 16.7 Å². The van der Waals surface area contributed by atoms with E-state index < -0.39 is 5.54 Å². The van der Waals surface area contributed by atoms with E-state index in [1.807, 2.05) is 54.3 Å². The third-order valence-electron chi connectivity index (χ3n) is 10.9. The number of carbonyl (C=O) groups excluding carboxylic acids is 2. The molecule has 2 heterocycles. The Morgan fingerprint density at radius 1 is 1.02 bits per heavy atom. The van der Waals surface area contributed by atoms with Gasteiger partial charge in [-0.05, 0) is 101 Å². The van der Waals surface area contributed by atoms with E-state index in [0.29, 0.717) is 59.9 Å². The van der Waals surface area contributed by atoms with Crippen LogP contribution in [0.2, 0.25) is 5.02 Å². The molecule has 1 saturated heterocycles. The van der Waals surface area contributed by atoms with Crippen LogP contribution in [-0.2, 0) is 23.2 Å². The SMILES string of the molecule is CCOc1cc(C(C)(C)C)ncc1/C(=N/C(C)(C)C1C=CC(Cl)=CC1)N(Cc1ccc(Cl)cc1)C(=O)N1CCC(CC(=O)NCCc2cc(C)ccc2C)CC1. The number of hydrogen-bond acceptors (Lipinski definition) is 5. The molecule has 1 unspecified atom stereocenters. The van der Waals surface area contributed by atoms with Gasteiger partial charge in [-0.1, -0.05) is 92.0 Å². The molecular formula is C46H59Cl2N5O3. The van der Waals surface area contributed by atoms with Gasteiger partial charge < -0.3 is 15.0 Å². The predicted molar refractivity (Wildman–Crippen MR) is 230 cm³/mol. The van der Waals surface area contributed by atoms with Gasteiger partial charge in [-0.2, -0.15) is 0 Å². The molecule has 0 spiro atoms. The molecule has 1 fully saturated rings. The van der Waals surface area contributed by atoms with Crippen LogP contribution in [0.25, 0.3) is 0 Å². The molecule has 8 nitrogen and oxygen atoms in total. The van der Waals surface area contributed by atoms with Gasteiger partial charge in [0.15, 0.2) is 0 Å². The number of ether oxygens (including phenoxy) is 1. The van der Waals surface area contributed by atoms with E-state index in [4.69, 9.17) is 37.9 Å². The van der Waals surface area contributed by atoms with Gasteiger partial charge in [0.25, 0.3) is 0 Å². The monoisotopic (exact) mass is 799 g/mol. The largest absolute Gasteiger partial charge is 0.493 e. The second-order valence-electron chi connectivity index (χ2n) is 16.8. The highest BCUT2D eigenvalue weighted by Crippen LogP contribution is 2.35. The van der Waals surface area contributed by atoms with Gasteiger partial charge in [-0.25, -0.2) is 4.79 Å². The molecule has 10 heteroatoms. The minimum Gasteiger partial charge on any atom is -0.493 e. The standard InChI is InChI=1S/C46H59Cl2N5O3/c1-9-56-40-28-41(45(4,5)6)50-29-39(40)43(51-46(7,8)36-14-18-38(48)19-15-36)53(30-34-12-16-37(47)17-13-34)44(55)52-24-21-33(22-25-52)27-42(54)49-23-20-35-26-31(2)10-11-32(35)3/h10-14,16-19,26,28-29,33,36H,9,15,20-25,27,30H2,1-8H3,(H,49,54)/b51-43-. The molecule has 1 aliphatic heterocycles. The van der Waals surface area contributed by atoms with Crippen molar-refractivity contribution in [1.29, 1.82) is 0 Å². The van der Waals surface area contributed by atoms with Crippen LogP contribution in [0.5, 0.6) is 5.75 Å². The van der Waals surface area contributed by atoms with Crippen LogP contribution < -0.4 is 10.1 Å². The minimum absolute atomic E-state index is 0.0348. The number of rotatable bonds is 12. The Morgan fingerprint density at radius 3 is 2.38 bits per heavy atom. The molecule has 3 amide bonds. The molecule has 0 bridgehead atoms. The lowest BCUT2D eigenvalue weighted by molar-refractivity contribution is -0.122. The number of benzene rings is 2. The number of hydrogen-bond donors (Lipinski definition) is 1. The smallest absolute Gasteiger partial charge is 0.325 e. The Morgan fingerprint density at radius 2 is 1.73 bits per heavy atom. The number of likely N-dealkylation sites (tertiary alicyclic amines) is 1. The summed E-state index contributed by atoms with van der Waals surface area (Å²) in [6.45, 7) is 19.0. The molecule has 300 valence electrons. The number of pyridine rings is 1. The Bertz CT molecular complexity index is 1940. The zero-order valence-corrected chi connectivity index (χ0v) is 35.9. The quantitative estimate of drug-likeness (QED) is 0.146. The normalized spacial score (nSPS) is 16.8. The molecule has 2 aromatic carbocycles. The lowest BCUT2D eigenvalue weighted by Crippen LogP contribution is -2.50. The van der Waals surface area contributed by atoms with Crippen molar-refractivity contribution in [2.45, 2.75) is 105 Å². The molecule has 0 saturated carbocycles. The van der Waals surface area contributed by atoms with E-state index in [1.54, 1.807) is 11.1 Å². The fourth-order valence-corrected chi connectivity index (χ4v) is 7.56. The van der Waals surface area contributed by atoms with Gasteiger partial charge in [0.1, 0.15) is 11.6 Å². The Kier molecular flexibility index (Phi) is 14.5.